The van der Waals surface area contributed by atoms with Gasteiger partial charge in [-0.2, -0.15) is 13.2 Å². The van der Waals surface area contributed by atoms with Crippen LogP contribution < -0.4 is 21.5 Å². The van der Waals surface area contributed by atoms with E-state index in [1.807, 2.05) is 0 Å². The number of primary amides is 1. The van der Waals surface area contributed by atoms with Gasteiger partial charge in [-0.3, -0.25) is 4.79 Å². The molecule has 0 saturated heterocycles. The third-order valence-corrected chi connectivity index (χ3v) is 4.19. The highest BCUT2D eigenvalue weighted by molar-refractivity contribution is 5.82. The number of rotatable bonds is 7. The fourth-order valence-corrected chi connectivity index (χ4v) is 2.54. The van der Waals surface area contributed by atoms with Crippen LogP contribution in [0, 0.1) is 0 Å². The summed E-state index contributed by atoms with van der Waals surface area (Å²) in [7, 11) is 0. The Bertz CT molecular complexity index is 1110. The van der Waals surface area contributed by atoms with E-state index < -0.39 is 30.0 Å². The zero-order valence-electron chi connectivity index (χ0n) is 16.7. The molecule has 168 valence electrons. The predicted molar refractivity (Wildman–Crippen MR) is 108 cm³/mol. The number of hydrogen-bond donors (Lipinski definition) is 4. The van der Waals surface area contributed by atoms with Crippen molar-refractivity contribution in [1.82, 2.24) is 15.0 Å². The van der Waals surface area contributed by atoms with E-state index in [4.69, 9.17) is 16.2 Å². The van der Waals surface area contributed by atoms with Crippen molar-refractivity contribution in [2.75, 3.05) is 5.32 Å². The molecular formula is C20H19F3N6O3. The zero-order chi connectivity index (χ0) is 23.5. The summed E-state index contributed by atoms with van der Waals surface area (Å²) in [6.07, 6.45) is -5.98. The second-order valence-electron chi connectivity index (χ2n) is 6.70. The van der Waals surface area contributed by atoms with Crippen LogP contribution in [-0.2, 0) is 11.0 Å². The van der Waals surface area contributed by atoms with Crippen molar-refractivity contribution < 1.29 is 27.8 Å². The lowest BCUT2D eigenvalue weighted by Gasteiger charge is -2.14. The van der Waals surface area contributed by atoms with Gasteiger partial charge < -0.3 is 26.6 Å². The minimum absolute atomic E-state index is 0.0997. The van der Waals surface area contributed by atoms with Crippen LogP contribution in [0.15, 0.2) is 48.5 Å². The molecule has 0 radical (unpaired) electrons. The summed E-state index contributed by atoms with van der Waals surface area (Å²) in [6.45, 7) is 1.54. The van der Waals surface area contributed by atoms with Crippen molar-refractivity contribution in [2.24, 2.45) is 11.5 Å². The van der Waals surface area contributed by atoms with Crippen molar-refractivity contribution in [2.45, 2.75) is 25.4 Å². The highest BCUT2D eigenvalue weighted by atomic mass is 19.4. The van der Waals surface area contributed by atoms with Crippen LogP contribution in [0.5, 0.6) is 11.6 Å². The first-order chi connectivity index (χ1) is 15.0. The fraction of sp³-hybridized carbons (Fsp3) is 0.200. The molecule has 0 saturated carbocycles. The summed E-state index contributed by atoms with van der Waals surface area (Å²) < 4.78 is 43.8. The van der Waals surface area contributed by atoms with E-state index in [2.05, 4.69) is 20.3 Å². The van der Waals surface area contributed by atoms with Crippen molar-refractivity contribution >= 4 is 11.7 Å². The van der Waals surface area contributed by atoms with Crippen LogP contribution >= 0.6 is 0 Å². The van der Waals surface area contributed by atoms with Crippen molar-refractivity contribution in [3.8, 4) is 23.0 Å². The van der Waals surface area contributed by atoms with E-state index in [9.17, 15) is 23.1 Å². The Balaban J connectivity index is 1.85. The Morgan fingerprint density at radius 3 is 2.41 bits per heavy atom. The minimum Gasteiger partial charge on any atom is -0.439 e. The smallest absolute Gasteiger partial charge is 0.433 e. The molecule has 0 aliphatic carbocycles. The van der Waals surface area contributed by atoms with Gasteiger partial charge in [0.2, 0.25) is 11.8 Å². The standard InChI is InChI=1S/C20H19F3N6O3/c1-10(17(24)30)26-15-9-13(18(25)31)27-19(29-15)11-5-7-12(8-6-11)32-16-4-2-3-14(28-16)20(21,22)23/h2-10,18,31H,25H2,1H3,(H2,24,30)(H,26,27,29)/t10-,18?/m0/s1. The summed E-state index contributed by atoms with van der Waals surface area (Å²) in [5, 5.41) is 12.5. The van der Waals surface area contributed by atoms with Crippen LogP contribution in [0.2, 0.25) is 0 Å². The van der Waals surface area contributed by atoms with Crippen LogP contribution in [0.25, 0.3) is 11.4 Å². The van der Waals surface area contributed by atoms with Crippen molar-refractivity contribution in [3.63, 3.8) is 0 Å². The number of carbonyl (C=O) groups is 1. The normalized spacial score (nSPS) is 13.3. The van der Waals surface area contributed by atoms with Gasteiger partial charge in [0.05, 0.1) is 5.69 Å². The summed E-state index contributed by atoms with van der Waals surface area (Å²) in [4.78, 5) is 23.2. The van der Waals surface area contributed by atoms with Gasteiger partial charge in [0.1, 0.15) is 29.5 Å². The maximum atomic E-state index is 12.8. The number of anilines is 1. The number of nitrogens with zero attached hydrogens (tertiary/aromatic N) is 3. The summed E-state index contributed by atoms with van der Waals surface area (Å²) in [5.74, 6) is -0.200. The fourth-order valence-electron chi connectivity index (χ4n) is 2.54. The van der Waals surface area contributed by atoms with Gasteiger partial charge in [0.15, 0.2) is 5.82 Å². The molecule has 3 aromatic rings. The molecule has 1 amide bonds. The maximum absolute atomic E-state index is 12.8. The second-order valence-corrected chi connectivity index (χ2v) is 6.70. The van der Waals surface area contributed by atoms with E-state index in [0.717, 1.165) is 6.07 Å². The first-order valence-electron chi connectivity index (χ1n) is 9.24. The third kappa shape index (κ3) is 5.68. The van der Waals surface area contributed by atoms with Crippen LogP contribution in [-0.4, -0.2) is 32.0 Å². The number of halogens is 3. The molecule has 0 spiro atoms. The van der Waals surface area contributed by atoms with Crippen LogP contribution in [0.3, 0.4) is 0 Å². The van der Waals surface area contributed by atoms with Gasteiger partial charge >= 0.3 is 6.18 Å². The number of benzene rings is 1. The van der Waals surface area contributed by atoms with E-state index in [-0.39, 0.29) is 29.0 Å². The number of ether oxygens (including phenoxy) is 1. The number of pyridine rings is 1. The molecule has 2 atom stereocenters. The average Bonchev–Trinajstić information content (AvgIpc) is 2.73. The summed E-state index contributed by atoms with van der Waals surface area (Å²) in [5.41, 5.74) is 10.3. The molecule has 0 fully saturated rings. The maximum Gasteiger partial charge on any atom is 0.433 e. The van der Waals surface area contributed by atoms with E-state index in [0.29, 0.717) is 5.56 Å². The Morgan fingerprint density at radius 2 is 1.81 bits per heavy atom. The van der Waals surface area contributed by atoms with E-state index in [1.165, 1.54) is 37.3 Å². The number of carbonyl (C=O) groups excluding carboxylic acids is 1. The van der Waals surface area contributed by atoms with Gasteiger partial charge in [-0.1, -0.05) is 6.07 Å². The molecule has 12 heteroatoms. The number of aliphatic hydroxyl groups excluding tert-OH is 1. The molecule has 0 bridgehead atoms. The molecule has 1 aromatic carbocycles. The number of nitrogens with two attached hydrogens (primary N) is 2. The lowest BCUT2D eigenvalue weighted by atomic mass is 10.2. The molecule has 2 aromatic heterocycles. The molecular weight excluding hydrogens is 429 g/mol. The monoisotopic (exact) mass is 448 g/mol. The second kappa shape index (κ2) is 9.16. The lowest BCUT2D eigenvalue weighted by molar-refractivity contribution is -0.141. The van der Waals surface area contributed by atoms with Crippen LogP contribution in [0.1, 0.15) is 24.5 Å². The van der Waals surface area contributed by atoms with Gasteiger partial charge in [0.25, 0.3) is 0 Å². The number of aromatic nitrogens is 3. The Hall–Kier alpha value is -3.77. The quantitative estimate of drug-likeness (QED) is 0.403. The minimum atomic E-state index is -4.59. The van der Waals surface area contributed by atoms with E-state index in [1.54, 1.807) is 12.1 Å². The first-order valence-corrected chi connectivity index (χ1v) is 9.24. The number of amides is 1. The van der Waals surface area contributed by atoms with E-state index >= 15 is 0 Å². The van der Waals surface area contributed by atoms with Crippen molar-refractivity contribution in [3.05, 3.63) is 59.9 Å². The number of nitrogens with one attached hydrogen (secondary N) is 1. The molecule has 0 aliphatic heterocycles. The Morgan fingerprint density at radius 1 is 1.12 bits per heavy atom. The third-order valence-electron chi connectivity index (χ3n) is 4.19. The Kier molecular flexibility index (Phi) is 6.55. The van der Waals surface area contributed by atoms with Crippen molar-refractivity contribution in [1.29, 1.82) is 0 Å². The molecule has 6 N–H and O–H groups in total. The van der Waals surface area contributed by atoms with Gasteiger partial charge in [-0.15, -0.1) is 0 Å². The molecule has 3 rings (SSSR count). The zero-order valence-corrected chi connectivity index (χ0v) is 16.7. The molecule has 0 aliphatic rings. The number of hydrogen-bond acceptors (Lipinski definition) is 8. The predicted octanol–water partition coefficient (Wildman–Crippen LogP) is 2.58. The highest BCUT2D eigenvalue weighted by Crippen LogP contribution is 2.30. The largest absolute Gasteiger partial charge is 0.439 e. The average molecular weight is 448 g/mol. The molecule has 2 heterocycles. The molecule has 9 nitrogen and oxygen atoms in total. The molecule has 32 heavy (non-hydrogen) atoms. The summed E-state index contributed by atoms with van der Waals surface area (Å²) >= 11 is 0. The SMILES string of the molecule is C[C@H](Nc1cc(C(N)O)nc(-c2ccc(Oc3cccc(C(F)(F)F)n3)cc2)n1)C(N)=O. The lowest BCUT2D eigenvalue weighted by Crippen LogP contribution is -2.33. The van der Waals surface area contributed by atoms with Gasteiger partial charge in [-0.05, 0) is 37.3 Å². The highest BCUT2D eigenvalue weighted by Gasteiger charge is 2.32. The number of alkyl halides is 3. The summed E-state index contributed by atoms with van der Waals surface area (Å²) in [6, 6.07) is 10.1. The Labute approximate surface area is 180 Å². The topological polar surface area (TPSA) is 149 Å². The number of aliphatic hydroxyl groups is 1. The first kappa shape index (κ1) is 22.9. The van der Waals surface area contributed by atoms with Crippen LogP contribution in [0.4, 0.5) is 19.0 Å². The van der Waals surface area contributed by atoms with Gasteiger partial charge in [-0.25, -0.2) is 15.0 Å². The van der Waals surface area contributed by atoms with Gasteiger partial charge in [0, 0.05) is 17.7 Å². The molecule has 1 unspecified atom stereocenters.